The Morgan fingerprint density at radius 2 is 1.79 bits per heavy atom. The van der Waals surface area contributed by atoms with E-state index >= 15 is 0 Å². The fourth-order valence-corrected chi connectivity index (χ4v) is 3.54. The van der Waals surface area contributed by atoms with Crippen molar-refractivity contribution in [3.8, 4) is 0 Å². The Morgan fingerprint density at radius 3 is 2.55 bits per heavy atom. The summed E-state index contributed by atoms with van der Waals surface area (Å²) in [6.45, 7) is 4.30. The molecule has 1 saturated heterocycles. The number of aryl methyl sites for hydroxylation is 1. The van der Waals surface area contributed by atoms with Crippen LogP contribution in [0.5, 0.6) is 0 Å². The Labute approximate surface area is 171 Å². The minimum Gasteiger partial charge on any atom is -0.372 e. The van der Waals surface area contributed by atoms with Gasteiger partial charge < -0.3 is 15.5 Å². The van der Waals surface area contributed by atoms with Crippen LogP contribution in [-0.2, 0) is 6.42 Å². The van der Waals surface area contributed by atoms with E-state index in [0.29, 0.717) is 11.6 Å². The van der Waals surface area contributed by atoms with Crippen LogP contribution in [0.1, 0.15) is 35.8 Å². The molecule has 0 aliphatic carbocycles. The van der Waals surface area contributed by atoms with E-state index in [1.54, 1.807) is 12.3 Å². The predicted octanol–water partition coefficient (Wildman–Crippen LogP) is 4.64. The van der Waals surface area contributed by atoms with E-state index in [1.165, 1.54) is 24.1 Å². The summed E-state index contributed by atoms with van der Waals surface area (Å²) in [6, 6.07) is 17.6. The van der Waals surface area contributed by atoms with E-state index < -0.39 is 0 Å². The van der Waals surface area contributed by atoms with E-state index in [-0.39, 0.29) is 5.91 Å². The number of aromatic nitrogens is 2. The van der Waals surface area contributed by atoms with E-state index in [2.05, 4.69) is 50.6 Å². The molecule has 0 unspecified atom stereocenters. The van der Waals surface area contributed by atoms with Crippen molar-refractivity contribution in [3.05, 3.63) is 72.1 Å². The van der Waals surface area contributed by atoms with Crippen LogP contribution >= 0.6 is 0 Å². The van der Waals surface area contributed by atoms with Gasteiger partial charge in [-0.1, -0.05) is 25.1 Å². The van der Waals surface area contributed by atoms with Crippen molar-refractivity contribution in [1.82, 2.24) is 9.97 Å². The summed E-state index contributed by atoms with van der Waals surface area (Å²) in [5.74, 6) is 0.149. The van der Waals surface area contributed by atoms with Gasteiger partial charge in [-0.3, -0.25) is 4.79 Å². The zero-order chi connectivity index (χ0) is 20.1. The van der Waals surface area contributed by atoms with Gasteiger partial charge in [0.25, 0.3) is 5.91 Å². The molecule has 2 aromatic carbocycles. The van der Waals surface area contributed by atoms with Crippen LogP contribution in [0.3, 0.4) is 0 Å². The lowest BCUT2D eigenvalue weighted by Crippen LogP contribution is -2.18. The highest BCUT2D eigenvalue weighted by atomic mass is 16.1. The molecule has 3 aromatic rings. The van der Waals surface area contributed by atoms with Gasteiger partial charge in [0.05, 0.1) is 0 Å². The van der Waals surface area contributed by atoms with E-state index in [0.717, 1.165) is 30.9 Å². The number of para-hydroxylation sites is 1. The van der Waals surface area contributed by atoms with E-state index in [1.807, 2.05) is 30.3 Å². The fraction of sp³-hybridized carbons (Fsp3) is 0.261. The van der Waals surface area contributed by atoms with Crippen molar-refractivity contribution >= 4 is 28.9 Å². The summed E-state index contributed by atoms with van der Waals surface area (Å²) in [6.07, 6.45) is 4.97. The first-order valence-electron chi connectivity index (χ1n) is 10.1. The number of anilines is 4. The number of carbonyl (C=O) groups is 1. The maximum atomic E-state index is 12.6. The lowest BCUT2D eigenvalue weighted by molar-refractivity contribution is 0.102. The monoisotopic (exact) mass is 387 g/mol. The van der Waals surface area contributed by atoms with Crippen LogP contribution in [0.25, 0.3) is 0 Å². The molecule has 6 heteroatoms. The Hall–Kier alpha value is -3.41. The average molecular weight is 387 g/mol. The third kappa shape index (κ3) is 4.54. The number of nitrogens with one attached hydrogen (secondary N) is 2. The second-order valence-electron chi connectivity index (χ2n) is 7.10. The van der Waals surface area contributed by atoms with Gasteiger partial charge in [-0.2, -0.15) is 0 Å². The van der Waals surface area contributed by atoms with Gasteiger partial charge in [0.15, 0.2) is 0 Å². The average Bonchev–Trinajstić information content (AvgIpc) is 3.30. The van der Waals surface area contributed by atoms with Gasteiger partial charge in [0.2, 0.25) is 5.95 Å². The normalized spacial score (nSPS) is 13.3. The van der Waals surface area contributed by atoms with Crippen LogP contribution in [0.15, 0.2) is 60.8 Å². The Bertz CT molecular complexity index is 981. The highest BCUT2D eigenvalue weighted by Gasteiger charge is 2.13. The molecular weight excluding hydrogens is 362 g/mol. The molecule has 4 rings (SSSR count). The number of amides is 1. The SMILES string of the molecule is CCc1ccccc1Nc1nccc(C(=O)Nc2ccc(N3CCCC3)cc2)n1. The first-order chi connectivity index (χ1) is 14.2. The third-order valence-electron chi connectivity index (χ3n) is 5.13. The first-order valence-corrected chi connectivity index (χ1v) is 10.1. The summed E-state index contributed by atoms with van der Waals surface area (Å²) in [5, 5.41) is 6.13. The zero-order valence-electron chi connectivity index (χ0n) is 16.6. The molecule has 29 heavy (non-hydrogen) atoms. The smallest absolute Gasteiger partial charge is 0.274 e. The fourth-order valence-electron chi connectivity index (χ4n) is 3.54. The lowest BCUT2D eigenvalue weighted by atomic mass is 10.1. The highest BCUT2D eigenvalue weighted by Crippen LogP contribution is 2.23. The minimum atomic E-state index is -0.256. The largest absolute Gasteiger partial charge is 0.372 e. The van der Waals surface area contributed by atoms with Crippen molar-refractivity contribution in [1.29, 1.82) is 0 Å². The molecule has 2 heterocycles. The Balaban J connectivity index is 1.44. The van der Waals surface area contributed by atoms with Crippen LogP contribution in [0, 0.1) is 0 Å². The summed E-state index contributed by atoms with van der Waals surface area (Å²) in [4.78, 5) is 23.6. The molecule has 2 N–H and O–H groups in total. The molecule has 1 fully saturated rings. The number of rotatable bonds is 6. The molecular formula is C23H25N5O. The van der Waals surface area contributed by atoms with Crippen LogP contribution in [0.4, 0.5) is 23.0 Å². The third-order valence-corrected chi connectivity index (χ3v) is 5.13. The van der Waals surface area contributed by atoms with Crippen LogP contribution in [-0.4, -0.2) is 29.0 Å². The first kappa shape index (κ1) is 18.9. The van der Waals surface area contributed by atoms with Gasteiger partial charge in [-0.05, 0) is 61.2 Å². The van der Waals surface area contributed by atoms with Crippen molar-refractivity contribution < 1.29 is 4.79 Å². The number of hydrogen-bond acceptors (Lipinski definition) is 5. The topological polar surface area (TPSA) is 70.2 Å². The molecule has 0 atom stereocenters. The standard InChI is InChI=1S/C23H25N5O/c1-2-17-7-3-4-8-20(17)26-23-24-14-13-21(27-23)22(29)25-18-9-11-19(12-10-18)28-15-5-6-16-28/h3-4,7-14H,2,5-6,15-16H2,1H3,(H,25,29)(H,24,26,27). The van der Waals surface area contributed by atoms with Gasteiger partial charge in [-0.25, -0.2) is 9.97 Å². The molecule has 0 saturated carbocycles. The summed E-state index contributed by atoms with van der Waals surface area (Å²) < 4.78 is 0. The lowest BCUT2D eigenvalue weighted by Gasteiger charge is -2.17. The molecule has 1 aliphatic heterocycles. The summed E-state index contributed by atoms with van der Waals surface area (Å²) in [5.41, 5.74) is 4.39. The summed E-state index contributed by atoms with van der Waals surface area (Å²) in [7, 11) is 0. The maximum absolute atomic E-state index is 12.6. The molecule has 1 amide bonds. The predicted molar refractivity (Wildman–Crippen MR) is 117 cm³/mol. The van der Waals surface area contributed by atoms with Crippen molar-refractivity contribution in [3.63, 3.8) is 0 Å². The van der Waals surface area contributed by atoms with Gasteiger partial charge >= 0.3 is 0 Å². The van der Waals surface area contributed by atoms with Gasteiger partial charge in [0.1, 0.15) is 5.69 Å². The minimum absolute atomic E-state index is 0.256. The Morgan fingerprint density at radius 1 is 1.03 bits per heavy atom. The second kappa shape index (κ2) is 8.73. The zero-order valence-corrected chi connectivity index (χ0v) is 16.6. The molecule has 1 aliphatic rings. The molecule has 0 radical (unpaired) electrons. The van der Waals surface area contributed by atoms with Crippen molar-refractivity contribution in [2.24, 2.45) is 0 Å². The Kier molecular flexibility index (Phi) is 5.70. The maximum Gasteiger partial charge on any atom is 0.274 e. The van der Waals surface area contributed by atoms with Crippen LogP contribution in [0.2, 0.25) is 0 Å². The molecule has 0 bridgehead atoms. The van der Waals surface area contributed by atoms with E-state index in [9.17, 15) is 4.79 Å². The van der Waals surface area contributed by atoms with Crippen LogP contribution < -0.4 is 15.5 Å². The number of nitrogens with zero attached hydrogens (tertiary/aromatic N) is 3. The summed E-state index contributed by atoms with van der Waals surface area (Å²) >= 11 is 0. The van der Waals surface area contributed by atoms with Gasteiger partial charge in [-0.15, -0.1) is 0 Å². The quantitative estimate of drug-likeness (QED) is 0.645. The van der Waals surface area contributed by atoms with Gasteiger partial charge in [0, 0.05) is 36.3 Å². The molecule has 1 aromatic heterocycles. The highest BCUT2D eigenvalue weighted by molar-refractivity contribution is 6.03. The molecule has 148 valence electrons. The number of hydrogen-bond donors (Lipinski definition) is 2. The van der Waals surface area contributed by atoms with E-state index in [4.69, 9.17) is 0 Å². The molecule has 0 spiro atoms. The molecule has 6 nitrogen and oxygen atoms in total. The number of benzene rings is 2. The van der Waals surface area contributed by atoms with Crippen molar-refractivity contribution in [2.75, 3.05) is 28.6 Å². The second-order valence-corrected chi connectivity index (χ2v) is 7.10. The number of carbonyl (C=O) groups excluding carboxylic acids is 1. The van der Waals surface area contributed by atoms with Crippen molar-refractivity contribution in [2.45, 2.75) is 26.2 Å².